The van der Waals surface area contributed by atoms with Crippen LogP contribution in [0.3, 0.4) is 0 Å². The molecule has 0 fully saturated rings. The van der Waals surface area contributed by atoms with Gasteiger partial charge in [0.2, 0.25) is 0 Å². The van der Waals surface area contributed by atoms with Crippen molar-refractivity contribution >= 4 is 21.4 Å². The molecule has 0 aliphatic carbocycles. The van der Waals surface area contributed by atoms with E-state index in [-0.39, 0.29) is 55.4 Å². The van der Waals surface area contributed by atoms with Gasteiger partial charge in [0.1, 0.15) is 0 Å². The molecule has 1 radical (unpaired) electrons. The molecular weight excluding hydrogens is 268 g/mol. The van der Waals surface area contributed by atoms with Gasteiger partial charge in [0, 0.05) is 10.4 Å². The Hall–Kier alpha value is 0.406. The smallest absolute Gasteiger partial charge is 0.759 e. The van der Waals surface area contributed by atoms with Gasteiger partial charge in [0.25, 0.3) is 0 Å². The van der Waals surface area contributed by atoms with Gasteiger partial charge in [-0.2, -0.15) is 0 Å². The summed E-state index contributed by atoms with van der Waals surface area (Å²) in [6.07, 6.45) is 0. The van der Waals surface area contributed by atoms with Crippen LogP contribution in [0.5, 0.6) is 0 Å². The van der Waals surface area contributed by atoms with Crippen molar-refractivity contribution in [3.05, 3.63) is 0 Å². The molecule has 9 nitrogen and oxygen atoms in total. The van der Waals surface area contributed by atoms with Gasteiger partial charge in [-0.25, -0.2) is 0 Å². The fourth-order valence-corrected chi connectivity index (χ4v) is 0. The van der Waals surface area contributed by atoms with E-state index in [1.165, 1.54) is 0 Å². The molecule has 0 amide bonds. The van der Waals surface area contributed by atoms with Crippen LogP contribution in [-0.4, -0.2) is 55.9 Å². The molecule has 0 saturated carbocycles. The van der Waals surface area contributed by atoms with Crippen molar-refractivity contribution in [3.63, 3.8) is 0 Å². The molecule has 0 bridgehead atoms. The zero-order valence-electron chi connectivity index (χ0n) is 4.84. The van der Waals surface area contributed by atoms with Gasteiger partial charge >= 0.3 is 17.1 Å². The summed E-state index contributed by atoms with van der Waals surface area (Å²) < 4.78 is 34.1. The van der Waals surface area contributed by atoms with E-state index in [2.05, 4.69) is 0 Å². The average molecular weight is 282 g/mol. The molecule has 12 heteroatoms. The molecule has 0 unspecified atom stereocenters. The van der Waals surface area contributed by atoms with Crippen LogP contribution in [0.1, 0.15) is 0 Å². The van der Waals surface area contributed by atoms with E-state index in [0.29, 0.717) is 0 Å². The van der Waals surface area contributed by atoms with Crippen molar-refractivity contribution in [2.45, 2.75) is 0 Å². The maximum absolute atomic E-state index is 8.52. The summed E-state index contributed by atoms with van der Waals surface area (Å²) in [6, 6.07) is 0. The van der Waals surface area contributed by atoms with Crippen LogP contribution in [-0.2, 0) is 27.5 Å². The molecule has 0 aromatic carbocycles. The second-order valence-corrected chi connectivity index (χ2v) is 1.22. The van der Waals surface area contributed by atoms with E-state index >= 15 is 0 Å². The topological polar surface area (TPSA) is 238 Å². The van der Waals surface area contributed by atoms with Gasteiger partial charge in [-0.3, -0.25) is 8.42 Å². The number of hydrogen-bond acceptors (Lipinski definition) is 4. The summed E-state index contributed by atoms with van der Waals surface area (Å²) in [6.45, 7) is 0. The first-order chi connectivity index (χ1) is 2.00. The minimum absolute atomic E-state index is 0. The first kappa shape index (κ1) is 83.1. The van der Waals surface area contributed by atoms with Crippen LogP contribution in [0, 0.1) is 0 Å². The van der Waals surface area contributed by atoms with Crippen LogP contribution in [0.15, 0.2) is 0 Å². The standard InChI is InChI=1S/Cu.H2O4S.5H2O.H4Si/c;1-5(2,3)4;;;;;;/h;(H2,1,2,3,4);5*1H2;1H4/q+2;;;;;;;/p-2. The Morgan fingerprint density at radius 1 is 0.750 bits per heavy atom. The van der Waals surface area contributed by atoms with E-state index in [1.54, 1.807) is 0 Å². The molecule has 0 atom stereocenters. The van der Waals surface area contributed by atoms with Gasteiger partial charge in [0.15, 0.2) is 0 Å². The fourth-order valence-electron chi connectivity index (χ4n) is 0. The van der Waals surface area contributed by atoms with E-state index < -0.39 is 10.4 Å². The van der Waals surface area contributed by atoms with Crippen LogP contribution >= 0.6 is 0 Å². The second kappa shape index (κ2) is 30.1. The van der Waals surface area contributed by atoms with Gasteiger partial charge in [-0.15, -0.1) is 0 Å². The molecule has 0 aliphatic heterocycles. The number of hydrogen-bond donors (Lipinski definition) is 0. The predicted octanol–water partition coefficient (Wildman–Crippen LogP) is -6.92. The summed E-state index contributed by atoms with van der Waals surface area (Å²) >= 11 is 0. The van der Waals surface area contributed by atoms with Crippen LogP contribution in [0.2, 0.25) is 0 Å². The van der Waals surface area contributed by atoms with Crippen molar-refractivity contribution in [2.24, 2.45) is 0 Å². The van der Waals surface area contributed by atoms with Crippen molar-refractivity contribution in [2.75, 3.05) is 0 Å². The predicted molar refractivity (Wildman–Crippen MR) is 39.9 cm³/mol. The molecule has 0 aliphatic rings. The molecule has 10 N–H and O–H groups in total. The third-order valence-corrected chi connectivity index (χ3v) is 0. The summed E-state index contributed by atoms with van der Waals surface area (Å²) in [7, 11) is -5.17. The normalized spacial score (nSPS) is 4.83. The quantitative estimate of drug-likeness (QED) is 0.238. The average Bonchev–Trinajstić information content (AvgIpc) is 0.722. The molecule has 12 heavy (non-hydrogen) atoms. The fraction of sp³-hybridized carbons (Fsp3) is 0. The van der Waals surface area contributed by atoms with E-state index in [4.69, 9.17) is 17.5 Å². The third-order valence-electron chi connectivity index (χ3n) is 0. The minimum atomic E-state index is -5.17. The molecule has 89 valence electrons. The number of rotatable bonds is 0. The van der Waals surface area contributed by atoms with Gasteiger partial charge in [-0.1, -0.05) is 0 Å². The van der Waals surface area contributed by atoms with Gasteiger partial charge < -0.3 is 36.5 Å². The van der Waals surface area contributed by atoms with Crippen molar-refractivity contribution in [3.8, 4) is 0 Å². The van der Waals surface area contributed by atoms with Gasteiger partial charge in [0.05, 0.1) is 0 Å². The third kappa shape index (κ3) is 5580. The molecule has 0 aromatic rings. The Kier molecular flexibility index (Phi) is 209. The first-order valence-corrected chi connectivity index (χ1v) is 2.00. The van der Waals surface area contributed by atoms with Crippen molar-refractivity contribution in [1.29, 1.82) is 0 Å². The Morgan fingerprint density at radius 3 is 0.750 bits per heavy atom. The molecule has 0 aromatic heterocycles. The Labute approximate surface area is 83.8 Å². The Bertz CT molecular complexity index is 97.7. The summed E-state index contributed by atoms with van der Waals surface area (Å²) in [5.41, 5.74) is 0. The van der Waals surface area contributed by atoms with E-state index in [1.807, 2.05) is 0 Å². The Morgan fingerprint density at radius 2 is 0.750 bits per heavy atom. The van der Waals surface area contributed by atoms with Crippen LogP contribution in [0.4, 0.5) is 0 Å². The zero-order valence-corrected chi connectivity index (χ0v) is 6.60. The Balaban J connectivity index is -0.00000000381. The molecule has 0 heterocycles. The van der Waals surface area contributed by atoms with Crippen molar-refractivity contribution in [1.82, 2.24) is 0 Å². The van der Waals surface area contributed by atoms with Crippen LogP contribution in [0.25, 0.3) is 0 Å². The van der Waals surface area contributed by atoms with Gasteiger partial charge in [-0.05, 0) is 11.0 Å². The summed E-state index contributed by atoms with van der Waals surface area (Å²) in [4.78, 5) is 0. The largest absolute Gasteiger partial charge is 2.00 e. The molecule has 0 spiro atoms. The van der Waals surface area contributed by atoms with Crippen LogP contribution < -0.4 is 0 Å². The molecular formula is H14CuO9SSi. The monoisotopic (exact) mass is 281 g/mol. The second-order valence-electron chi connectivity index (χ2n) is 0.408. The zero-order chi connectivity index (χ0) is 4.50. The maximum Gasteiger partial charge on any atom is 2.00 e. The molecule has 0 saturated heterocycles. The minimum Gasteiger partial charge on any atom is -0.759 e. The van der Waals surface area contributed by atoms with Crippen molar-refractivity contribution < 1.29 is 62.0 Å². The molecule has 0 rings (SSSR count). The van der Waals surface area contributed by atoms with E-state index in [0.717, 1.165) is 0 Å². The SMILES string of the molecule is O.O.O.O.O.O=S(=O)([O-])[O-].[Cu+2].[SiH4]. The maximum atomic E-state index is 8.52. The summed E-state index contributed by atoms with van der Waals surface area (Å²) in [5, 5.41) is 0. The van der Waals surface area contributed by atoms with E-state index in [9.17, 15) is 0 Å². The summed E-state index contributed by atoms with van der Waals surface area (Å²) in [5.74, 6) is 0. The first-order valence-electron chi connectivity index (χ1n) is 0.667.